The normalized spacial score (nSPS) is 11.0. The number of ether oxygens (including phenoxy) is 4. The van der Waals surface area contributed by atoms with E-state index in [2.05, 4.69) is 36.5 Å². The molecule has 0 aliphatic carbocycles. The van der Waals surface area contributed by atoms with Gasteiger partial charge in [-0.3, -0.25) is 0 Å². The van der Waals surface area contributed by atoms with E-state index >= 15 is 0 Å². The minimum Gasteiger partial charge on any atom is -0.497 e. The van der Waals surface area contributed by atoms with Gasteiger partial charge < -0.3 is 24.3 Å². The Balaban J connectivity index is 1.68. The number of rotatable bonds is 10. The number of hydrogen-bond donors (Lipinski definition) is 1. The number of fused-ring (bicyclic) bond motifs is 1. The van der Waals surface area contributed by atoms with E-state index in [1.807, 2.05) is 42.5 Å². The second kappa shape index (κ2) is 11.4. The lowest BCUT2D eigenvalue weighted by atomic mass is 10.1. The highest BCUT2D eigenvalue weighted by Crippen LogP contribution is 2.34. The molecule has 0 spiro atoms. The van der Waals surface area contributed by atoms with E-state index in [-0.39, 0.29) is 0 Å². The summed E-state index contributed by atoms with van der Waals surface area (Å²) in [4.78, 5) is 9.57. The summed E-state index contributed by atoms with van der Waals surface area (Å²) in [5.41, 5.74) is 4.18. The van der Waals surface area contributed by atoms with E-state index in [1.54, 1.807) is 28.4 Å². The van der Waals surface area contributed by atoms with Crippen LogP contribution in [0.2, 0.25) is 0 Å². The zero-order valence-electron chi connectivity index (χ0n) is 21.3. The number of methoxy groups -OCH3 is 4. The van der Waals surface area contributed by atoms with Crippen molar-refractivity contribution in [3.63, 3.8) is 0 Å². The van der Waals surface area contributed by atoms with Crippen LogP contribution in [0.3, 0.4) is 0 Å². The molecule has 1 aromatic heterocycles. The summed E-state index contributed by atoms with van der Waals surface area (Å²) >= 11 is 0. The van der Waals surface area contributed by atoms with Crippen LogP contribution in [0, 0.1) is 6.92 Å². The SMILES string of the molecule is COc1cc(/C=C/c2nc(NCCc3ccc(C)cc3)c3cc(OC)c(OC)cc3n2)cc(OC)c1. The fourth-order valence-corrected chi connectivity index (χ4v) is 3.86. The van der Waals surface area contributed by atoms with Crippen molar-refractivity contribution in [2.24, 2.45) is 0 Å². The van der Waals surface area contributed by atoms with E-state index in [0.29, 0.717) is 28.8 Å². The summed E-state index contributed by atoms with van der Waals surface area (Å²) in [5, 5.41) is 4.35. The topological polar surface area (TPSA) is 74.7 Å². The molecule has 7 nitrogen and oxygen atoms in total. The molecule has 186 valence electrons. The monoisotopic (exact) mass is 485 g/mol. The van der Waals surface area contributed by atoms with Gasteiger partial charge in [0.1, 0.15) is 17.3 Å². The molecular weight excluding hydrogens is 454 g/mol. The Hall–Kier alpha value is -4.26. The summed E-state index contributed by atoms with van der Waals surface area (Å²) in [6.45, 7) is 2.81. The van der Waals surface area contributed by atoms with Gasteiger partial charge in [-0.15, -0.1) is 0 Å². The molecule has 0 fully saturated rings. The average molecular weight is 486 g/mol. The third-order valence-electron chi connectivity index (χ3n) is 5.84. The maximum Gasteiger partial charge on any atom is 0.162 e. The van der Waals surface area contributed by atoms with Crippen LogP contribution in [0.25, 0.3) is 23.1 Å². The van der Waals surface area contributed by atoms with Crippen molar-refractivity contribution in [1.82, 2.24) is 9.97 Å². The number of hydrogen-bond acceptors (Lipinski definition) is 7. The number of aryl methyl sites for hydroxylation is 1. The van der Waals surface area contributed by atoms with Gasteiger partial charge in [0.05, 0.1) is 34.0 Å². The molecule has 4 aromatic rings. The van der Waals surface area contributed by atoms with Gasteiger partial charge in [-0.1, -0.05) is 35.9 Å². The molecule has 36 heavy (non-hydrogen) atoms. The molecule has 1 N–H and O–H groups in total. The van der Waals surface area contributed by atoms with E-state index < -0.39 is 0 Å². The van der Waals surface area contributed by atoms with Crippen molar-refractivity contribution >= 4 is 28.9 Å². The zero-order chi connectivity index (χ0) is 25.5. The molecule has 0 saturated carbocycles. The van der Waals surface area contributed by atoms with Gasteiger partial charge in [-0.2, -0.15) is 0 Å². The van der Waals surface area contributed by atoms with Crippen LogP contribution in [-0.2, 0) is 6.42 Å². The predicted octanol–water partition coefficient (Wildman–Crippen LogP) is 5.80. The van der Waals surface area contributed by atoms with Crippen molar-refractivity contribution in [3.05, 3.63) is 77.1 Å². The number of aromatic nitrogens is 2. The smallest absolute Gasteiger partial charge is 0.162 e. The van der Waals surface area contributed by atoms with Crippen LogP contribution in [0.4, 0.5) is 5.82 Å². The maximum atomic E-state index is 5.52. The van der Waals surface area contributed by atoms with Crippen molar-refractivity contribution in [3.8, 4) is 23.0 Å². The number of nitrogens with zero attached hydrogens (tertiary/aromatic N) is 2. The number of anilines is 1. The first-order valence-corrected chi connectivity index (χ1v) is 11.7. The summed E-state index contributed by atoms with van der Waals surface area (Å²) in [6, 6.07) is 18.0. The van der Waals surface area contributed by atoms with Crippen LogP contribution >= 0.6 is 0 Å². The molecule has 3 aromatic carbocycles. The van der Waals surface area contributed by atoms with Crippen LogP contribution in [0.15, 0.2) is 54.6 Å². The Kier molecular flexibility index (Phi) is 7.90. The second-order valence-corrected chi connectivity index (χ2v) is 8.30. The zero-order valence-corrected chi connectivity index (χ0v) is 21.3. The van der Waals surface area contributed by atoms with Crippen molar-refractivity contribution in [2.45, 2.75) is 13.3 Å². The van der Waals surface area contributed by atoms with Gasteiger partial charge in [0.25, 0.3) is 0 Å². The Morgan fingerprint density at radius 3 is 2.06 bits per heavy atom. The molecule has 0 bridgehead atoms. The first kappa shape index (κ1) is 24.9. The third kappa shape index (κ3) is 5.86. The first-order valence-electron chi connectivity index (χ1n) is 11.7. The predicted molar refractivity (Wildman–Crippen MR) is 144 cm³/mol. The second-order valence-electron chi connectivity index (χ2n) is 8.30. The molecule has 0 aliphatic rings. The van der Waals surface area contributed by atoms with Gasteiger partial charge in [0.15, 0.2) is 17.3 Å². The lowest BCUT2D eigenvalue weighted by Crippen LogP contribution is -2.08. The number of nitrogens with one attached hydrogen (secondary N) is 1. The molecule has 7 heteroatoms. The lowest BCUT2D eigenvalue weighted by molar-refractivity contribution is 0.356. The third-order valence-corrected chi connectivity index (χ3v) is 5.84. The molecule has 0 radical (unpaired) electrons. The highest BCUT2D eigenvalue weighted by Gasteiger charge is 2.13. The van der Waals surface area contributed by atoms with Gasteiger partial charge in [0.2, 0.25) is 0 Å². The quantitative estimate of drug-likeness (QED) is 0.304. The first-order chi connectivity index (χ1) is 17.5. The lowest BCUT2D eigenvalue weighted by Gasteiger charge is -2.13. The van der Waals surface area contributed by atoms with E-state index in [0.717, 1.165) is 35.2 Å². The fourth-order valence-electron chi connectivity index (χ4n) is 3.86. The van der Waals surface area contributed by atoms with Gasteiger partial charge >= 0.3 is 0 Å². The van der Waals surface area contributed by atoms with Crippen LogP contribution in [0.5, 0.6) is 23.0 Å². The van der Waals surface area contributed by atoms with Crippen LogP contribution in [-0.4, -0.2) is 45.0 Å². The van der Waals surface area contributed by atoms with Crippen LogP contribution in [0.1, 0.15) is 22.5 Å². The Morgan fingerprint density at radius 2 is 1.42 bits per heavy atom. The molecule has 0 aliphatic heterocycles. The molecule has 1 heterocycles. The molecular formula is C29H31N3O4. The molecule has 0 amide bonds. The van der Waals surface area contributed by atoms with E-state index in [9.17, 15) is 0 Å². The van der Waals surface area contributed by atoms with E-state index in [1.165, 1.54) is 11.1 Å². The summed E-state index contributed by atoms with van der Waals surface area (Å²) < 4.78 is 21.8. The largest absolute Gasteiger partial charge is 0.497 e. The standard InChI is InChI=1S/C29H31N3O4/c1-19-6-8-20(9-7-19)12-13-30-29-24-17-26(35-4)27(36-5)18-25(24)31-28(32-29)11-10-21-14-22(33-2)16-23(15-21)34-3/h6-11,14-18H,12-13H2,1-5H3,(H,30,31,32)/b11-10+. The minimum absolute atomic E-state index is 0.564. The Morgan fingerprint density at radius 1 is 0.750 bits per heavy atom. The van der Waals surface area contributed by atoms with Gasteiger partial charge in [0, 0.05) is 24.1 Å². The van der Waals surface area contributed by atoms with Crippen molar-refractivity contribution in [2.75, 3.05) is 40.3 Å². The summed E-state index contributed by atoms with van der Waals surface area (Å²) in [7, 11) is 6.49. The van der Waals surface area contributed by atoms with Crippen LogP contribution < -0.4 is 24.3 Å². The van der Waals surface area contributed by atoms with Crippen molar-refractivity contribution < 1.29 is 18.9 Å². The highest BCUT2D eigenvalue weighted by atomic mass is 16.5. The van der Waals surface area contributed by atoms with Gasteiger partial charge in [-0.25, -0.2) is 9.97 Å². The molecule has 0 saturated heterocycles. The molecule has 4 rings (SSSR count). The minimum atomic E-state index is 0.564. The van der Waals surface area contributed by atoms with E-state index in [4.69, 9.17) is 28.9 Å². The molecule has 0 atom stereocenters. The molecule has 0 unspecified atom stereocenters. The van der Waals surface area contributed by atoms with Gasteiger partial charge in [-0.05, 0) is 48.7 Å². The highest BCUT2D eigenvalue weighted by molar-refractivity contribution is 5.92. The number of benzene rings is 3. The Bertz CT molecular complexity index is 1350. The average Bonchev–Trinajstić information content (AvgIpc) is 2.91. The summed E-state index contributed by atoms with van der Waals surface area (Å²) in [6.07, 6.45) is 4.67. The van der Waals surface area contributed by atoms with Crippen molar-refractivity contribution in [1.29, 1.82) is 0 Å². The summed E-state index contributed by atoms with van der Waals surface area (Å²) in [5.74, 6) is 3.96. The Labute approximate surface area is 211 Å². The fraction of sp³-hybridized carbons (Fsp3) is 0.241. The maximum absolute atomic E-state index is 5.52.